The van der Waals surface area contributed by atoms with Crippen molar-refractivity contribution in [2.24, 2.45) is 101 Å². The van der Waals surface area contributed by atoms with Crippen LogP contribution in [0.25, 0.3) is 0 Å². The second kappa shape index (κ2) is 61.5. The highest BCUT2D eigenvalue weighted by atomic mass is 19.4. The van der Waals surface area contributed by atoms with Crippen LogP contribution in [0.5, 0.6) is 23.0 Å². The van der Waals surface area contributed by atoms with Gasteiger partial charge in [0.1, 0.15) is 17.2 Å². The van der Waals surface area contributed by atoms with E-state index in [1.54, 1.807) is 63.0 Å². The van der Waals surface area contributed by atoms with Gasteiger partial charge in [0.05, 0.1) is 6.61 Å². The van der Waals surface area contributed by atoms with Crippen molar-refractivity contribution in [3.63, 3.8) is 0 Å². The van der Waals surface area contributed by atoms with E-state index in [2.05, 4.69) is 118 Å². The summed E-state index contributed by atoms with van der Waals surface area (Å²) in [6, 6.07) is 35.1. The zero-order valence-electron chi connectivity index (χ0n) is 89.6. The van der Waals surface area contributed by atoms with Gasteiger partial charge >= 0.3 is 19.1 Å². The average molecular weight is 1970 g/mol. The van der Waals surface area contributed by atoms with Crippen LogP contribution in [0.3, 0.4) is 0 Å². The molecule has 11 aliphatic carbocycles. The van der Waals surface area contributed by atoms with Gasteiger partial charge in [0, 0.05) is 0 Å². The fourth-order valence-electron chi connectivity index (χ4n) is 29.2. The fraction of sp³-hybridized carbons (Fsp3) is 0.764. The number of benzene rings is 5. The maximum atomic E-state index is 14.0. The van der Waals surface area contributed by atoms with Gasteiger partial charge in [-0.25, -0.2) is 4.39 Å². The van der Waals surface area contributed by atoms with E-state index in [-0.39, 0.29) is 17.4 Å². The number of unbranched alkanes of at least 4 members (excludes halogenated alkanes) is 4. The third-order valence-corrected chi connectivity index (χ3v) is 37.6. The molecule has 0 unspecified atom stereocenters. The maximum Gasteiger partial charge on any atom is 0.573 e. The molecule has 11 fully saturated rings. The predicted octanol–water partition coefficient (Wildman–Crippen LogP) is 42.3. The van der Waals surface area contributed by atoms with Gasteiger partial charge in [-0.2, -0.15) is 0 Å². The molecule has 0 spiro atoms. The van der Waals surface area contributed by atoms with Crippen LogP contribution < -0.4 is 18.9 Å². The monoisotopic (exact) mass is 1970 g/mol. The number of hydrogen-bond acceptors (Lipinski definition) is 4. The molecule has 796 valence electrons. The summed E-state index contributed by atoms with van der Waals surface area (Å²) in [7, 11) is 0. The van der Waals surface area contributed by atoms with E-state index >= 15 is 0 Å². The standard InChI is InChI=1S/C24H35F3O.C23H33F3O.C22H30F4O.C22H34.C19H36.C17H26O/c1-2-3-4-5-18-6-8-19(9-7-18)20-10-12-21(13-11-20)22-14-16-23(17-15-22)28-24(25,26)27;1-2-3-4-17-5-7-18(8-6-17)19-9-11-20(12-10-19)21-13-15-22(16-14-21)27-23(24,25)26;1-2-3-15-4-6-16(7-5-15)17-8-10-18(11-9-17)19-12-13-21(20(23)14-19)27-22(24,25)26;1-3-4-18-7-11-20(12-8-18)22-15-13-21(14-16-22)19-9-5-17(2)6-10-19;1-3-5-7-17-10-14-19(15-11-17)18-12-8-16(6-4-2)9-13-18;1-3-5-14-6-8-15(9-7-14)16-10-12-17(13-11-16)18-4-2/h14-21H,2-13H2,1H3;13-20H,2-12H2,1H3;12-18H,2-11H2,1H3;5-6,9-10,18,20-22H,3-4,7-8,11-16H2,1-2H3;16-19H,3-15H2,1-2H3;10-15H,3-9H2,1-2H3. The second-order valence-corrected chi connectivity index (χ2v) is 47.2. The zero-order valence-corrected chi connectivity index (χ0v) is 89.6. The van der Waals surface area contributed by atoms with Crippen LogP contribution in [-0.2, 0) is 0 Å². The Morgan fingerprint density at radius 2 is 0.433 bits per heavy atom. The summed E-state index contributed by atoms with van der Waals surface area (Å²) in [5.41, 5.74) is 7.61. The normalized spacial score (nSPS) is 30.1. The van der Waals surface area contributed by atoms with Crippen molar-refractivity contribution in [1.82, 2.24) is 0 Å². The highest BCUT2D eigenvalue weighted by Gasteiger charge is 2.40. The summed E-state index contributed by atoms with van der Waals surface area (Å²) in [6.45, 7) is 21.1. The minimum Gasteiger partial charge on any atom is -0.494 e. The number of alkyl halides is 9. The quantitative estimate of drug-likeness (QED) is 0.0310. The summed E-state index contributed by atoms with van der Waals surface area (Å²) >= 11 is 0. The maximum absolute atomic E-state index is 14.0. The molecule has 0 amide bonds. The Morgan fingerprint density at radius 3 is 0.674 bits per heavy atom. The predicted molar refractivity (Wildman–Crippen MR) is 567 cm³/mol. The molecule has 0 aromatic heterocycles. The van der Waals surface area contributed by atoms with E-state index in [0.29, 0.717) is 11.8 Å². The Bertz CT molecular complexity index is 4030. The lowest BCUT2D eigenvalue weighted by Gasteiger charge is -2.38. The number of ether oxygens (including phenoxy) is 4. The molecule has 5 aromatic rings. The van der Waals surface area contributed by atoms with Gasteiger partial charge in [-0.05, 0) is 426 Å². The fourth-order valence-corrected chi connectivity index (χ4v) is 29.2. The highest BCUT2D eigenvalue weighted by Crippen LogP contribution is 2.52. The molecule has 11 aliphatic rings. The third-order valence-electron chi connectivity index (χ3n) is 37.6. The van der Waals surface area contributed by atoms with Gasteiger partial charge in [-0.3, -0.25) is 0 Å². The molecule has 5 aromatic carbocycles. The van der Waals surface area contributed by atoms with E-state index in [1.807, 2.05) is 31.2 Å². The number of rotatable bonds is 33. The first kappa shape index (κ1) is 116. The SMILES string of the molecule is CCCC1CCC(C2CCC(c3ccc(C)cc3)CC2)CC1.CCCC1CCC(C2CCC(c3ccc(OC(F)(F)F)c(F)c3)CC2)CC1.CCCC1CCC(c2ccc(OCC)cc2)CC1.CCCCC1CCC(C2CCC(CCC)CC2)CC1.CCCCC1CCC(C2CCC(c3ccc(OC(F)(F)F)cc3)CC2)CC1.CCCCCC1CCC(C2CCC(c3ccc(OC(F)(F)F)cc3)CC2)CC1. The topological polar surface area (TPSA) is 36.9 Å². The van der Waals surface area contributed by atoms with Gasteiger partial charge in [0.2, 0.25) is 0 Å². The smallest absolute Gasteiger partial charge is 0.494 e. The molecule has 0 atom stereocenters. The first-order valence-electron chi connectivity index (χ1n) is 59.2. The number of halogens is 10. The van der Waals surface area contributed by atoms with Crippen molar-refractivity contribution in [3.8, 4) is 23.0 Å². The first-order valence-corrected chi connectivity index (χ1v) is 59.2. The molecule has 14 heteroatoms. The lowest BCUT2D eigenvalue weighted by molar-refractivity contribution is -0.276. The molecule has 0 aliphatic heterocycles. The Hall–Kier alpha value is -5.40. The van der Waals surface area contributed by atoms with Crippen LogP contribution in [0, 0.1) is 113 Å². The van der Waals surface area contributed by atoms with Crippen LogP contribution in [0.15, 0.2) is 115 Å². The van der Waals surface area contributed by atoms with E-state index in [9.17, 15) is 43.9 Å². The minimum absolute atomic E-state index is 0.124. The van der Waals surface area contributed by atoms with E-state index < -0.39 is 30.7 Å². The van der Waals surface area contributed by atoms with Crippen LogP contribution in [0.1, 0.15) is 516 Å². The molecule has 141 heavy (non-hydrogen) atoms. The Morgan fingerprint density at radius 1 is 0.220 bits per heavy atom. The Labute approximate surface area is 851 Å². The van der Waals surface area contributed by atoms with E-state index in [4.69, 9.17) is 4.74 Å². The molecular weight excluding hydrogens is 1780 g/mol. The number of aryl methyl sites for hydroxylation is 1. The molecule has 0 radical (unpaired) electrons. The van der Waals surface area contributed by atoms with Crippen LogP contribution in [0.4, 0.5) is 43.9 Å². The lowest BCUT2D eigenvalue weighted by atomic mass is 9.68. The van der Waals surface area contributed by atoms with Crippen molar-refractivity contribution < 1.29 is 62.9 Å². The molecule has 0 bridgehead atoms. The van der Waals surface area contributed by atoms with Crippen molar-refractivity contribution in [3.05, 3.63) is 154 Å². The molecule has 16 rings (SSSR count). The van der Waals surface area contributed by atoms with Crippen molar-refractivity contribution in [2.75, 3.05) is 6.61 Å². The summed E-state index contributed by atoms with van der Waals surface area (Å²) < 4.78 is 142. The van der Waals surface area contributed by atoms with E-state index in [0.717, 1.165) is 173 Å². The highest BCUT2D eigenvalue weighted by molar-refractivity contribution is 5.34. The summed E-state index contributed by atoms with van der Waals surface area (Å²) in [4.78, 5) is 0. The van der Waals surface area contributed by atoms with Crippen LogP contribution in [-0.4, -0.2) is 25.7 Å². The van der Waals surface area contributed by atoms with Gasteiger partial charge in [0.25, 0.3) is 0 Å². The molecule has 4 nitrogen and oxygen atoms in total. The third kappa shape index (κ3) is 40.9. The summed E-state index contributed by atoms with van der Waals surface area (Å²) in [6.07, 6.45) is 72.0. The van der Waals surface area contributed by atoms with Crippen LogP contribution in [0.2, 0.25) is 0 Å². The minimum atomic E-state index is -4.86. The zero-order chi connectivity index (χ0) is 100. The van der Waals surface area contributed by atoms with Crippen LogP contribution >= 0.6 is 0 Å². The van der Waals surface area contributed by atoms with Gasteiger partial charge in [-0.15, -0.1) is 39.5 Å². The molecule has 0 heterocycles. The van der Waals surface area contributed by atoms with Crippen molar-refractivity contribution in [1.29, 1.82) is 0 Å². The molecular formula is C127H194F10O4. The summed E-state index contributed by atoms with van der Waals surface area (Å²) in [5, 5.41) is 0. The number of hydrogen-bond donors (Lipinski definition) is 0. The van der Waals surface area contributed by atoms with Crippen molar-refractivity contribution in [2.45, 2.75) is 509 Å². The van der Waals surface area contributed by atoms with E-state index in [1.165, 1.54) is 362 Å². The molecule has 0 saturated heterocycles. The Kier molecular flexibility index (Phi) is 50.6. The van der Waals surface area contributed by atoms with Gasteiger partial charge in [0.15, 0.2) is 11.6 Å². The first-order chi connectivity index (χ1) is 68.2. The van der Waals surface area contributed by atoms with Gasteiger partial charge < -0.3 is 18.9 Å². The Balaban J connectivity index is 0.000000163. The molecule has 0 N–H and O–H groups in total. The molecule has 11 saturated carbocycles. The average Bonchev–Trinajstić information content (AvgIpc) is 0.814. The van der Waals surface area contributed by atoms with Crippen molar-refractivity contribution >= 4 is 0 Å². The van der Waals surface area contributed by atoms with Gasteiger partial charge in [-0.1, -0.05) is 313 Å². The summed E-state index contributed by atoms with van der Waals surface area (Å²) in [5.74, 6) is 18.5. The second-order valence-electron chi connectivity index (χ2n) is 47.2. The largest absolute Gasteiger partial charge is 0.573 e. The lowest BCUT2D eigenvalue weighted by Crippen LogP contribution is -2.25.